The van der Waals surface area contributed by atoms with Crippen LogP contribution in [-0.2, 0) is 5.41 Å². The highest BCUT2D eigenvalue weighted by atomic mass is 35.5. The molecule has 0 unspecified atom stereocenters. The molecule has 0 aliphatic carbocycles. The highest BCUT2D eigenvalue weighted by Crippen LogP contribution is 2.30. The first-order valence-corrected chi connectivity index (χ1v) is 8.07. The van der Waals surface area contributed by atoms with Crippen molar-refractivity contribution >= 4 is 24.8 Å². The standard InChI is InChI=1S/C19H30N2.2ClH/c1-15(2)14-18(21-12-10-20-11-13-21)16-6-8-17(9-7-16)19(3,4)5;;/h6-9,18,20H,1,10-14H2,2-5H3;2*1H/t18-;;/m0../s1. The SMILES string of the molecule is C=C(C)C[C@@H](c1ccc(C(C)(C)C)cc1)N1CCNCC1.Cl.Cl. The van der Waals surface area contributed by atoms with Crippen LogP contribution in [0.25, 0.3) is 0 Å². The van der Waals surface area contributed by atoms with Crippen molar-refractivity contribution in [3.05, 3.63) is 47.5 Å². The van der Waals surface area contributed by atoms with Crippen LogP contribution in [0.2, 0.25) is 0 Å². The minimum Gasteiger partial charge on any atom is -0.314 e. The van der Waals surface area contributed by atoms with Crippen molar-refractivity contribution in [2.75, 3.05) is 26.2 Å². The van der Waals surface area contributed by atoms with Gasteiger partial charge >= 0.3 is 0 Å². The van der Waals surface area contributed by atoms with E-state index in [2.05, 4.69) is 68.8 Å². The molecule has 1 heterocycles. The summed E-state index contributed by atoms with van der Waals surface area (Å²) in [6.45, 7) is 17.5. The van der Waals surface area contributed by atoms with E-state index in [0.29, 0.717) is 6.04 Å². The molecular formula is C19H32Cl2N2. The quantitative estimate of drug-likeness (QED) is 0.781. The van der Waals surface area contributed by atoms with Gasteiger partial charge < -0.3 is 5.32 Å². The lowest BCUT2D eigenvalue weighted by Crippen LogP contribution is -2.45. The number of piperazine rings is 1. The predicted molar refractivity (Wildman–Crippen MR) is 106 cm³/mol. The molecule has 2 nitrogen and oxygen atoms in total. The lowest BCUT2D eigenvalue weighted by atomic mass is 9.85. The van der Waals surface area contributed by atoms with Gasteiger partial charge in [-0.15, -0.1) is 31.4 Å². The monoisotopic (exact) mass is 358 g/mol. The smallest absolute Gasteiger partial charge is 0.0386 e. The van der Waals surface area contributed by atoms with Crippen LogP contribution in [0, 0.1) is 0 Å². The number of halogens is 2. The summed E-state index contributed by atoms with van der Waals surface area (Å²) in [7, 11) is 0. The minimum absolute atomic E-state index is 0. The number of nitrogens with one attached hydrogen (secondary N) is 1. The summed E-state index contributed by atoms with van der Waals surface area (Å²) in [6, 6.07) is 9.69. The summed E-state index contributed by atoms with van der Waals surface area (Å²) in [5.41, 5.74) is 4.31. The van der Waals surface area contributed by atoms with Crippen molar-refractivity contribution in [2.24, 2.45) is 0 Å². The first-order valence-electron chi connectivity index (χ1n) is 8.07. The summed E-state index contributed by atoms with van der Waals surface area (Å²) in [5.74, 6) is 0. The van der Waals surface area contributed by atoms with E-state index in [1.165, 1.54) is 16.7 Å². The van der Waals surface area contributed by atoms with Crippen molar-refractivity contribution in [3.8, 4) is 0 Å². The van der Waals surface area contributed by atoms with Crippen molar-refractivity contribution in [3.63, 3.8) is 0 Å². The highest BCUT2D eigenvalue weighted by Gasteiger charge is 2.22. The zero-order chi connectivity index (χ0) is 15.5. The topological polar surface area (TPSA) is 15.3 Å². The van der Waals surface area contributed by atoms with Crippen LogP contribution < -0.4 is 5.32 Å². The van der Waals surface area contributed by atoms with Gasteiger partial charge in [-0.25, -0.2) is 0 Å². The summed E-state index contributed by atoms with van der Waals surface area (Å²) in [5, 5.41) is 3.44. The molecule has 0 bridgehead atoms. The third-order valence-corrected chi connectivity index (χ3v) is 4.30. The zero-order valence-corrected chi connectivity index (χ0v) is 16.5. The van der Waals surface area contributed by atoms with Crippen LogP contribution >= 0.6 is 24.8 Å². The molecule has 1 aliphatic rings. The van der Waals surface area contributed by atoms with E-state index in [1.54, 1.807) is 0 Å². The number of rotatable bonds is 4. The third-order valence-electron chi connectivity index (χ3n) is 4.30. The lowest BCUT2D eigenvalue weighted by molar-refractivity contribution is 0.172. The normalized spacial score (nSPS) is 16.9. The molecule has 0 aromatic heterocycles. The maximum absolute atomic E-state index is 4.13. The fourth-order valence-corrected chi connectivity index (χ4v) is 2.99. The maximum atomic E-state index is 4.13. The van der Waals surface area contributed by atoms with Gasteiger partial charge in [0.15, 0.2) is 0 Å². The Labute approximate surface area is 154 Å². The molecule has 1 saturated heterocycles. The first-order chi connectivity index (χ1) is 9.88. The second-order valence-corrected chi connectivity index (χ2v) is 7.34. The van der Waals surface area contributed by atoms with Gasteiger partial charge in [-0.3, -0.25) is 4.90 Å². The third kappa shape index (κ3) is 6.46. The number of hydrogen-bond acceptors (Lipinski definition) is 2. The largest absolute Gasteiger partial charge is 0.314 e. The molecule has 132 valence electrons. The Morgan fingerprint density at radius 2 is 1.65 bits per heavy atom. The summed E-state index contributed by atoms with van der Waals surface area (Å²) < 4.78 is 0. The molecule has 1 atom stereocenters. The van der Waals surface area contributed by atoms with Gasteiger partial charge in [0.2, 0.25) is 0 Å². The molecule has 0 saturated carbocycles. The Morgan fingerprint density at radius 1 is 1.13 bits per heavy atom. The van der Waals surface area contributed by atoms with Gasteiger partial charge in [-0.05, 0) is 29.9 Å². The second kappa shape index (κ2) is 9.68. The van der Waals surface area contributed by atoms with E-state index in [0.717, 1.165) is 32.6 Å². The van der Waals surface area contributed by atoms with Crippen LogP contribution in [0.3, 0.4) is 0 Å². The van der Waals surface area contributed by atoms with Crippen molar-refractivity contribution in [1.29, 1.82) is 0 Å². The van der Waals surface area contributed by atoms with Gasteiger partial charge in [-0.1, -0.05) is 50.6 Å². The second-order valence-electron chi connectivity index (χ2n) is 7.34. The van der Waals surface area contributed by atoms with Crippen LogP contribution in [0.4, 0.5) is 0 Å². The van der Waals surface area contributed by atoms with Gasteiger partial charge in [0.05, 0.1) is 0 Å². The fraction of sp³-hybridized carbons (Fsp3) is 0.579. The van der Waals surface area contributed by atoms with Gasteiger partial charge in [0.1, 0.15) is 0 Å². The first kappa shape index (κ1) is 22.5. The Morgan fingerprint density at radius 3 is 2.09 bits per heavy atom. The zero-order valence-electron chi connectivity index (χ0n) is 14.9. The molecular weight excluding hydrogens is 327 g/mol. The van der Waals surface area contributed by atoms with Crippen LogP contribution in [0.15, 0.2) is 36.4 Å². The molecule has 0 radical (unpaired) electrons. The van der Waals surface area contributed by atoms with Gasteiger partial charge in [-0.2, -0.15) is 0 Å². The summed E-state index contributed by atoms with van der Waals surface area (Å²) in [4.78, 5) is 2.59. The number of nitrogens with zero attached hydrogens (tertiary/aromatic N) is 1. The summed E-state index contributed by atoms with van der Waals surface area (Å²) >= 11 is 0. The van der Waals surface area contributed by atoms with Crippen LogP contribution in [0.5, 0.6) is 0 Å². The number of hydrogen-bond donors (Lipinski definition) is 1. The molecule has 1 aliphatic heterocycles. The Kier molecular flexibility index (Phi) is 9.46. The van der Waals surface area contributed by atoms with Crippen molar-refractivity contribution in [1.82, 2.24) is 10.2 Å². The van der Waals surface area contributed by atoms with E-state index >= 15 is 0 Å². The molecule has 1 aromatic carbocycles. The van der Waals surface area contributed by atoms with E-state index in [1.807, 2.05) is 0 Å². The highest BCUT2D eigenvalue weighted by molar-refractivity contribution is 5.85. The molecule has 0 amide bonds. The Bertz CT molecular complexity index is 471. The molecule has 1 aromatic rings. The average molecular weight is 359 g/mol. The van der Waals surface area contributed by atoms with E-state index in [4.69, 9.17) is 0 Å². The fourth-order valence-electron chi connectivity index (χ4n) is 2.99. The molecule has 4 heteroatoms. The average Bonchev–Trinajstić information content (AvgIpc) is 2.45. The lowest BCUT2D eigenvalue weighted by Gasteiger charge is -2.35. The Balaban J connectivity index is 0.00000242. The van der Waals surface area contributed by atoms with Crippen LogP contribution in [0.1, 0.15) is 51.3 Å². The van der Waals surface area contributed by atoms with E-state index < -0.39 is 0 Å². The number of benzene rings is 1. The van der Waals surface area contributed by atoms with Crippen molar-refractivity contribution in [2.45, 2.75) is 45.6 Å². The van der Waals surface area contributed by atoms with Gasteiger partial charge in [0, 0.05) is 32.2 Å². The van der Waals surface area contributed by atoms with E-state index in [9.17, 15) is 0 Å². The van der Waals surface area contributed by atoms with Crippen molar-refractivity contribution < 1.29 is 0 Å². The predicted octanol–water partition coefficient (Wildman–Crippen LogP) is 4.74. The minimum atomic E-state index is 0. The summed E-state index contributed by atoms with van der Waals surface area (Å²) in [6.07, 6.45) is 1.05. The molecule has 23 heavy (non-hydrogen) atoms. The van der Waals surface area contributed by atoms with Gasteiger partial charge in [0.25, 0.3) is 0 Å². The molecule has 0 spiro atoms. The Hall–Kier alpha value is -0.540. The van der Waals surface area contributed by atoms with E-state index in [-0.39, 0.29) is 30.2 Å². The van der Waals surface area contributed by atoms with Crippen LogP contribution in [-0.4, -0.2) is 31.1 Å². The molecule has 2 rings (SSSR count). The molecule has 1 fully saturated rings. The molecule has 1 N–H and O–H groups in total. The maximum Gasteiger partial charge on any atom is 0.0386 e.